The standard InChI is InChI=1S/C82H60B2N6O/c1-81(2,3)55-42-73-78-74(43-55)88(58-38-34-52(50-86)35-39-58)72-48-76-67(47-66(72)83(78)65-41-40-59(46-71(65)87(73)57-36-32-51(49-85)33-37-57)89-68-29-16-13-24-62(68)63-25-14-17-30-69(63)89)84-64-28-15-18-31-70(64)90(75-44-56(82(4,5)6)45-77(91-76)79(75)84)80-60(53-20-9-7-10-21-53)26-19-27-61(80)54-22-11-8-12-23-54/h7-48H,1-6H3. The predicted octanol–water partition coefficient (Wildman–Crippen LogP) is 16.9. The maximum atomic E-state index is 10.3. The molecular formula is C82H60B2N6O. The maximum Gasteiger partial charge on any atom is 0.256 e. The summed E-state index contributed by atoms with van der Waals surface area (Å²) in [5.41, 5.74) is 27.1. The fourth-order valence-electron chi connectivity index (χ4n) is 15.0. The van der Waals surface area contributed by atoms with Crippen molar-refractivity contribution in [2.24, 2.45) is 0 Å². The molecule has 13 aromatic rings. The minimum absolute atomic E-state index is 0.229. The number of rotatable bonds is 6. The van der Waals surface area contributed by atoms with Gasteiger partial charge in [-0.3, -0.25) is 0 Å². The second-order valence-corrected chi connectivity index (χ2v) is 26.7. The summed E-state index contributed by atoms with van der Waals surface area (Å²) in [4.78, 5) is 7.41. The highest BCUT2D eigenvalue weighted by molar-refractivity contribution is 7.02. The molecule has 0 bridgehead atoms. The van der Waals surface area contributed by atoms with E-state index in [4.69, 9.17) is 4.74 Å². The lowest BCUT2D eigenvalue weighted by molar-refractivity contribution is 0.483. The molecule has 0 saturated heterocycles. The van der Waals surface area contributed by atoms with E-state index < -0.39 is 0 Å². The lowest BCUT2D eigenvalue weighted by Gasteiger charge is -2.46. The van der Waals surface area contributed by atoms with E-state index in [1.54, 1.807) is 0 Å². The van der Waals surface area contributed by atoms with E-state index in [0.29, 0.717) is 11.1 Å². The Morgan fingerprint density at radius 1 is 0.352 bits per heavy atom. The smallest absolute Gasteiger partial charge is 0.256 e. The summed E-state index contributed by atoms with van der Waals surface area (Å²) >= 11 is 0. The van der Waals surface area contributed by atoms with Crippen LogP contribution >= 0.6 is 0 Å². The molecule has 0 N–H and O–H groups in total. The molecule has 0 saturated carbocycles. The number of para-hydroxylation sites is 4. The molecule has 12 aromatic carbocycles. The largest absolute Gasteiger partial charge is 0.458 e. The number of hydrogen-bond donors (Lipinski definition) is 0. The molecule has 0 spiro atoms. The molecule has 17 rings (SSSR count). The highest BCUT2D eigenvalue weighted by Crippen LogP contribution is 2.52. The minimum atomic E-state index is -0.282. The van der Waals surface area contributed by atoms with Crippen LogP contribution < -0.4 is 52.2 Å². The minimum Gasteiger partial charge on any atom is -0.458 e. The van der Waals surface area contributed by atoms with Crippen LogP contribution in [0.1, 0.15) is 63.8 Å². The van der Waals surface area contributed by atoms with E-state index in [1.807, 2.05) is 24.3 Å². The van der Waals surface area contributed by atoms with Crippen molar-refractivity contribution in [2.45, 2.75) is 52.4 Å². The van der Waals surface area contributed by atoms with Crippen LogP contribution in [0.25, 0.3) is 49.7 Å². The molecule has 9 heteroatoms. The summed E-state index contributed by atoms with van der Waals surface area (Å²) < 4.78 is 10.1. The van der Waals surface area contributed by atoms with Crippen LogP contribution in [0.5, 0.6) is 11.5 Å². The van der Waals surface area contributed by atoms with Gasteiger partial charge in [-0.05, 0) is 169 Å². The average Bonchev–Trinajstić information content (AvgIpc) is 1.33. The Morgan fingerprint density at radius 3 is 1.38 bits per heavy atom. The Morgan fingerprint density at radius 2 is 0.824 bits per heavy atom. The van der Waals surface area contributed by atoms with Crippen molar-refractivity contribution in [3.05, 3.63) is 277 Å². The average molecular weight is 1170 g/mol. The predicted molar refractivity (Wildman–Crippen MR) is 378 cm³/mol. The van der Waals surface area contributed by atoms with Gasteiger partial charge in [-0.15, -0.1) is 0 Å². The lowest BCUT2D eigenvalue weighted by atomic mass is 9.30. The molecule has 5 heterocycles. The molecule has 4 aliphatic rings. The third-order valence-electron chi connectivity index (χ3n) is 19.4. The number of hydrogen-bond acceptors (Lipinski definition) is 6. The van der Waals surface area contributed by atoms with Crippen LogP contribution in [0, 0.1) is 22.7 Å². The van der Waals surface area contributed by atoms with Gasteiger partial charge in [-0.2, -0.15) is 10.5 Å². The SMILES string of the molecule is CC(C)(C)c1cc2c3c(c1)N(c1c(-c4ccccc4)cccc1-c1ccccc1)c1ccccc1B3c1cc3c(cc1O2)N(c1ccc(C#N)cc1)c1cc(C(C)(C)C)cc2c1B3c1ccc(-n3c4ccccc4c4ccccc43)cc1N2c1ccc(C#N)cc1. The molecule has 1 aromatic heterocycles. The Labute approximate surface area is 531 Å². The van der Waals surface area contributed by atoms with Crippen LogP contribution in [-0.4, -0.2) is 18.0 Å². The zero-order chi connectivity index (χ0) is 61.6. The van der Waals surface area contributed by atoms with Gasteiger partial charge in [0, 0.05) is 79.2 Å². The molecule has 0 atom stereocenters. The van der Waals surface area contributed by atoms with Gasteiger partial charge in [0.05, 0.1) is 40.0 Å². The Hall–Kier alpha value is -11.3. The Kier molecular flexibility index (Phi) is 11.9. The van der Waals surface area contributed by atoms with Gasteiger partial charge in [0.15, 0.2) is 0 Å². The number of nitriles is 2. The third-order valence-corrected chi connectivity index (χ3v) is 19.4. The van der Waals surface area contributed by atoms with E-state index in [9.17, 15) is 10.5 Å². The first-order chi connectivity index (χ1) is 44.3. The molecular weight excluding hydrogens is 1110 g/mol. The van der Waals surface area contributed by atoms with Crippen molar-refractivity contribution in [3.63, 3.8) is 0 Å². The van der Waals surface area contributed by atoms with Crippen molar-refractivity contribution >= 4 is 119 Å². The van der Waals surface area contributed by atoms with Crippen molar-refractivity contribution in [3.8, 4) is 51.6 Å². The van der Waals surface area contributed by atoms with Crippen LogP contribution in [0.2, 0.25) is 0 Å². The zero-order valence-electron chi connectivity index (χ0n) is 51.5. The van der Waals surface area contributed by atoms with Crippen LogP contribution in [0.15, 0.2) is 255 Å². The van der Waals surface area contributed by atoms with E-state index in [2.05, 4.69) is 303 Å². The molecule has 0 fully saturated rings. The first kappa shape index (κ1) is 53.9. The second kappa shape index (κ2) is 20.1. The van der Waals surface area contributed by atoms with E-state index in [0.717, 1.165) is 124 Å². The molecule has 0 amide bonds. The summed E-state index contributed by atoms with van der Waals surface area (Å²) in [7, 11) is 0. The summed E-state index contributed by atoms with van der Waals surface area (Å²) in [6, 6.07) is 97.2. The van der Waals surface area contributed by atoms with Crippen molar-refractivity contribution < 1.29 is 4.74 Å². The second-order valence-electron chi connectivity index (χ2n) is 26.7. The summed E-state index contributed by atoms with van der Waals surface area (Å²) in [6.45, 7) is 13.3. The number of anilines is 9. The van der Waals surface area contributed by atoms with Crippen LogP contribution in [0.3, 0.4) is 0 Å². The van der Waals surface area contributed by atoms with Crippen molar-refractivity contribution in [2.75, 3.05) is 14.7 Å². The summed E-state index contributed by atoms with van der Waals surface area (Å²) in [5, 5.41) is 22.9. The third kappa shape index (κ3) is 8.28. The normalized spacial score (nSPS) is 13.3. The summed E-state index contributed by atoms with van der Waals surface area (Å²) in [5.74, 6) is 1.65. The van der Waals surface area contributed by atoms with Crippen LogP contribution in [0.4, 0.5) is 51.2 Å². The van der Waals surface area contributed by atoms with Gasteiger partial charge in [0.2, 0.25) is 0 Å². The van der Waals surface area contributed by atoms with E-state index in [1.165, 1.54) is 32.8 Å². The number of nitrogens with zero attached hydrogens (tertiary/aromatic N) is 6. The fraction of sp³-hybridized carbons (Fsp3) is 0.0976. The quantitative estimate of drug-likeness (QED) is 0.155. The monoisotopic (exact) mass is 1170 g/mol. The van der Waals surface area contributed by atoms with Crippen molar-refractivity contribution in [1.29, 1.82) is 10.5 Å². The maximum absolute atomic E-state index is 10.3. The van der Waals surface area contributed by atoms with Gasteiger partial charge in [-0.1, -0.05) is 187 Å². The number of ether oxygens (including phenoxy) is 1. The van der Waals surface area contributed by atoms with Gasteiger partial charge in [-0.25, -0.2) is 0 Å². The topological polar surface area (TPSA) is 71.5 Å². The number of benzene rings is 12. The first-order valence-electron chi connectivity index (χ1n) is 31.4. The number of aromatic nitrogens is 1. The van der Waals surface area contributed by atoms with Gasteiger partial charge in [0.1, 0.15) is 11.5 Å². The lowest BCUT2D eigenvalue weighted by Crippen LogP contribution is -2.64. The number of fused-ring (bicyclic) bond motifs is 11. The van der Waals surface area contributed by atoms with Crippen molar-refractivity contribution in [1.82, 2.24) is 4.57 Å². The molecule has 7 nitrogen and oxygen atoms in total. The molecule has 0 aliphatic carbocycles. The fourth-order valence-corrected chi connectivity index (χ4v) is 15.0. The van der Waals surface area contributed by atoms with E-state index >= 15 is 0 Å². The first-order valence-corrected chi connectivity index (χ1v) is 31.4. The molecule has 4 aliphatic heterocycles. The molecule has 430 valence electrons. The Bertz CT molecular complexity index is 5170. The van der Waals surface area contributed by atoms with Crippen LogP contribution in [-0.2, 0) is 10.8 Å². The highest BCUT2D eigenvalue weighted by Gasteiger charge is 2.49. The van der Waals surface area contributed by atoms with Gasteiger partial charge >= 0.3 is 0 Å². The zero-order valence-corrected chi connectivity index (χ0v) is 51.5. The molecule has 0 radical (unpaired) electrons. The van der Waals surface area contributed by atoms with Gasteiger partial charge in [0.25, 0.3) is 13.4 Å². The van der Waals surface area contributed by atoms with E-state index in [-0.39, 0.29) is 24.3 Å². The summed E-state index contributed by atoms with van der Waals surface area (Å²) in [6.07, 6.45) is 0. The molecule has 91 heavy (non-hydrogen) atoms. The van der Waals surface area contributed by atoms with Gasteiger partial charge < -0.3 is 24.0 Å². The highest BCUT2D eigenvalue weighted by atomic mass is 16.5. The molecule has 0 unspecified atom stereocenters. The Balaban J connectivity index is 0.962.